The smallest absolute Gasteiger partial charge is 0.333 e. The van der Waals surface area contributed by atoms with Gasteiger partial charge in [-0.25, -0.2) is 0 Å². The van der Waals surface area contributed by atoms with Crippen molar-refractivity contribution in [1.29, 1.82) is 0 Å². The number of rotatable bonds is 1. The maximum atomic E-state index is 2.62. The van der Waals surface area contributed by atoms with Crippen LogP contribution in [-0.4, -0.2) is 11.3 Å². The molecule has 1 aromatic heterocycles. The van der Waals surface area contributed by atoms with Crippen molar-refractivity contribution < 1.29 is 0 Å². The van der Waals surface area contributed by atoms with Crippen LogP contribution in [0.5, 0.6) is 0 Å². The lowest BCUT2D eigenvalue weighted by molar-refractivity contribution is 1.20. The number of benzene rings is 5. The van der Waals surface area contributed by atoms with Crippen LogP contribution in [0.25, 0.3) is 32.9 Å². The normalized spacial score (nSPS) is 13.3. The van der Waals surface area contributed by atoms with E-state index in [0.717, 1.165) is 0 Å². The minimum Gasteiger partial charge on any atom is -0.375 e. The van der Waals surface area contributed by atoms with Crippen molar-refractivity contribution in [1.82, 2.24) is 4.48 Å². The number of anilines is 3. The van der Waals surface area contributed by atoms with Crippen LogP contribution >= 0.6 is 0 Å². The highest BCUT2D eigenvalue weighted by atomic mass is 15.2. The third-order valence-corrected chi connectivity index (χ3v) is 8.43. The maximum absolute atomic E-state index is 2.62. The molecule has 0 amide bonds. The summed E-state index contributed by atoms with van der Waals surface area (Å²) in [5.74, 6) is 0. The topological polar surface area (TPSA) is 8.17 Å². The van der Waals surface area contributed by atoms with Gasteiger partial charge in [-0.3, -0.25) is 0 Å². The summed E-state index contributed by atoms with van der Waals surface area (Å²) in [6, 6.07) is 34.2. The lowest BCUT2D eigenvalue weighted by Gasteiger charge is -2.41. The zero-order valence-corrected chi connectivity index (χ0v) is 21.6. The molecule has 2 aliphatic heterocycles. The van der Waals surface area contributed by atoms with Gasteiger partial charge in [0.05, 0.1) is 5.69 Å². The Morgan fingerprint density at radius 2 is 1.30 bits per heavy atom. The molecule has 5 aromatic carbocycles. The van der Waals surface area contributed by atoms with Gasteiger partial charge in [-0.1, -0.05) is 66.2 Å². The predicted octanol–water partition coefficient (Wildman–Crippen LogP) is 7.45. The molecule has 0 atom stereocenters. The number of para-hydroxylation sites is 2. The van der Waals surface area contributed by atoms with Crippen LogP contribution in [0.1, 0.15) is 22.3 Å². The zero-order valence-electron chi connectivity index (χ0n) is 21.6. The number of aromatic nitrogens is 1. The molecular formula is C34H27BN2. The van der Waals surface area contributed by atoms with Crippen LogP contribution in [0.3, 0.4) is 0 Å². The number of hydrogen-bond donors (Lipinski definition) is 0. The fraction of sp³-hybridized carbons (Fsp3) is 0.118. The standard InChI is InChI=1S/C34H27BN2/c1-20-16-22(3)33(23(4)17-20)36-30-14-8-6-12-28(30)35-32-25(11-9-15-31(32)36)27-19-21(2)18-26-24-10-5-7-13-29(24)37(35)34(26)27/h5-19H,1-4H3. The average Bonchev–Trinajstić information content (AvgIpc) is 3.21. The van der Waals surface area contributed by atoms with E-state index in [0.29, 0.717) is 0 Å². The molecule has 0 fully saturated rings. The van der Waals surface area contributed by atoms with E-state index in [2.05, 4.69) is 128 Å². The van der Waals surface area contributed by atoms with Crippen LogP contribution in [0.15, 0.2) is 91.0 Å². The van der Waals surface area contributed by atoms with E-state index < -0.39 is 0 Å². The lowest BCUT2D eigenvalue weighted by Crippen LogP contribution is -2.56. The number of nitrogens with zero attached hydrogens (tertiary/aromatic N) is 2. The molecule has 0 radical (unpaired) electrons. The van der Waals surface area contributed by atoms with Crippen LogP contribution in [0.4, 0.5) is 17.1 Å². The molecule has 0 spiro atoms. The summed E-state index contributed by atoms with van der Waals surface area (Å²) < 4.78 is 2.62. The van der Waals surface area contributed by atoms with Gasteiger partial charge in [0, 0.05) is 38.7 Å². The van der Waals surface area contributed by atoms with Gasteiger partial charge in [-0.2, -0.15) is 0 Å². The first-order valence-electron chi connectivity index (χ1n) is 13.2. The van der Waals surface area contributed by atoms with Gasteiger partial charge in [-0.15, -0.1) is 0 Å². The summed E-state index contributed by atoms with van der Waals surface area (Å²) >= 11 is 0. The third kappa shape index (κ3) is 2.61. The molecule has 3 heteroatoms. The Morgan fingerprint density at radius 1 is 0.595 bits per heavy atom. The quantitative estimate of drug-likeness (QED) is 0.225. The lowest BCUT2D eigenvalue weighted by atomic mass is 9.45. The van der Waals surface area contributed by atoms with E-state index >= 15 is 0 Å². The first kappa shape index (κ1) is 20.9. The van der Waals surface area contributed by atoms with Crippen LogP contribution < -0.4 is 15.8 Å². The molecule has 37 heavy (non-hydrogen) atoms. The number of hydrogen-bond acceptors (Lipinski definition) is 1. The van der Waals surface area contributed by atoms with Crippen molar-refractivity contribution in [3.8, 4) is 11.1 Å². The van der Waals surface area contributed by atoms with E-state index in [1.165, 1.54) is 83.2 Å². The van der Waals surface area contributed by atoms with Crippen LogP contribution in [-0.2, 0) is 0 Å². The molecule has 2 aliphatic rings. The van der Waals surface area contributed by atoms with E-state index in [4.69, 9.17) is 0 Å². The minimum atomic E-state index is 0.127. The highest BCUT2D eigenvalue weighted by Crippen LogP contribution is 2.46. The SMILES string of the molecule is Cc1cc(C)c(N2c3ccccc3B3c4c(cccc42)-c2cc(C)cc4c5ccccc5n3c24)c(C)c1. The minimum absolute atomic E-state index is 0.127. The Labute approximate surface area is 217 Å². The molecule has 176 valence electrons. The van der Waals surface area contributed by atoms with Crippen LogP contribution in [0.2, 0.25) is 0 Å². The monoisotopic (exact) mass is 474 g/mol. The summed E-state index contributed by atoms with van der Waals surface area (Å²) in [5, 5.41) is 2.69. The molecule has 0 saturated carbocycles. The Kier molecular flexibility index (Phi) is 4.05. The second-order valence-corrected chi connectivity index (χ2v) is 10.9. The van der Waals surface area contributed by atoms with Crippen molar-refractivity contribution in [3.05, 3.63) is 113 Å². The molecule has 3 heterocycles. The first-order valence-corrected chi connectivity index (χ1v) is 13.2. The molecule has 2 nitrogen and oxygen atoms in total. The highest BCUT2D eigenvalue weighted by molar-refractivity contribution is 6.90. The Bertz CT molecular complexity index is 1920. The van der Waals surface area contributed by atoms with Gasteiger partial charge >= 0.3 is 6.85 Å². The molecule has 6 aromatic rings. The Hall–Kier alpha value is -4.24. The third-order valence-electron chi connectivity index (χ3n) is 8.43. The molecule has 0 N–H and O–H groups in total. The van der Waals surface area contributed by atoms with E-state index in [1.54, 1.807) is 0 Å². The van der Waals surface area contributed by atoms with Crippen molar-refractivity contribution in [2.75, 3.05) is 4.90 Å². The van der Waals surface area contributed by atoms with E-state index in [1.807, 2.05) is 0 Å². The number of aryl methyl sites for hydroxylation is 4. The van der Waals surface area contributed by atoms with Crippen molar-refractivity contribution >= 4 is 56.6 Å². The molecular weight excluding hydrogens is 447 g/mol. The molecule has 0 aliphatic carbocycles. The molecule has 0 unspecified atom stereocenters. The predicted molar refractivity (Wildman–Crippen MR) is 159 cm³/mol. The molecule has 0 saturated heterocycles. The number of fused-ring (bicyclic) bond motifs is 7. The second kappa shape index (κ2) is 7.17. The summed E-state index contributed by atoms with van der Waals surface area (Å²) in [6.45, 7) is 9.05. The molecule has 8 rings (SSSR count). The summed E-state index contributed by atoms with van der Waals surface area (Å²) in [6.07, 6.45) is 0. The van der Waals surface area contributed by atoms with Crippen molar-refractivity contribution in [3.63, 3.8) is 0 Å². The van der Waals surface area contributed by atoms with Gasteiger partial charge in [0.25, 0.3) is 0 Å². The van der Waals surface area contributed by atoms with Gasteiger partial charge in [-0.05, 0) is 91.2 Å². The summed E-state index contributed by atoms with van der Waals surface area (Å²) in [7, 11) is 0. The van der Waals surface area contributed by atoms with Crippen LogP contribution in [0, 0.1) is 27.7 Å². The Morgan fingerprint density at radius 3 is 2.14 bits per heavy atom. The second-order valence-electron chi connectivity index (χ2n) is 10.9. The fourth-order valence-corrected chi connectivity index (χ4v) is 7.26. The fourth-order valence-electron chi connectivity index (χ4n) is 7.26. The largest absolute Gasteiger partial charge is 0.375 e. The average molecular weight is 474 g/mol. The van der Waals surface area contributed by atoms with Gasteiger partial charge in [0.15, 0.2) is 0 Å². The van der Waals surface area contributed by atoms with E-state index in [9.17, 15) is 0 Å². The van der Waals surface area contributed by atoms with Gasteiger partial charge in [0.2, 0.25) is 0 Å². The maximum Gasteiger partial charge on any atom is 0.333 e. The highest BCUT2D eigenvalue weighted by Gasteiger charge is 2.42. The zero-order chi connectivity index (χ0) is 25.0. The van der Waals surface area contributed by atoms with Crippen molar-refractivity contribution in [2.24, 2.45) is 0 Å². The van der Waals surface area contributed by atoms with Gasteiger partial charge in [0.1, 0.15) is 0 Å². The van der Waals surface area contributed by atoms with E-state index in [-0.39, 0.29) is 6.85 Å². The molecule has 0 bridgehead atoms. The first-order chi connectivity index (χ1) is 18.0. The summed E-state index contributed by atoms with van der Waals surface area (Å²) in [4.78, 5) is 2.53. The van der Waals surface area contributed by atoms with Gasteiger partial charge < -0.3 is 9.38 Å². The van der Waals surface area contributed by atoms with Crippen molar-refractivity contribution in [2.45, 2.75) is 27.7 Å². The summed E-state index contributed by atoms with van der Waals surface area (Å²) in [5.41, 5.74) is 17.2. The Balaban J connectivity index is 1.57.